The first-order chi connectivity index (χ1) is 7.50. The molecule has 3 nitrogen and oxygen atoms in total. The molecule has 0 radical (unpaired) electrons. The van der Waals surface area contributed by atoms with Crippen molar-refractivity contribution in [2.24, 2.45) is 0 Å². The van der Waals surface area contributed by atoms with Crippen molar-refractivity contribution < 1.29 is 0 Å². The molecule has 0 amide bonds. The molecular formula is C10H8BrCl2N3. The second-order valence-corrected chi connectivity index (χ2v) is 4.99. The minimum atomic E-state index is 0.477. The molecule has 0 atom stereocenters. The molecule has 2 aromatic heterocycles. The quantitative estimate of drug-likeness (QED) is 0.796. The van der Waals surface area contributed by atoms with Crippen LogP contribution in [0.4, 0.5) is 0 Å². The van der Waals surface area contributed by atoms with Gasteiger partial charge in [0.05, 0.1) is 25.9 Å². The normalized spacial score (nSPS) is 10.8. The average molecular weight is 321 g/mol. The third kappa shape index (κ3) is 1.97. The van der Waals surface area contributed by atoms with Crippen LogP contribution in [-0.2, 0) is 0 Å². The van der Waals surface area contributed by atoms with Crippen molar-refractivity contribution in [3.63, 3.8) is 0 Å². The summed E-state index contributed by atoms with van der Waals surface area (Å²) in [5.41, 5.74) is 1.85. The van der Waals surface area contributed by atoms with Crippen molar-refractivity contribution in [3.8, 4) is 5.82 Å². The number of pyridine rings is 1. The van der Waals surface area contributed by atoms with Gasteiger partial charge < -0.3 is 0 Å². The van der Waals surface area contributed by atoms with E-state index in [0.717, 1.165) is 15.9 Å². The van der Waals surface area contributed by atoms with Gasteiger partial charge in [0, 0.05) is 6.20 Å². The maximum absolute atomic E-state index is 6.07. The largest absolute Gasteiger partial charge is 0.234 e. The van der Waals surface area contributed by atoms with Crippen molar-refractivity contribution in [2.45, 2.75) is 13.8 Å². The Labute approximate surface area is 112 Å². The Morgan fingerprint density at radius 2 is 2.00 bits per heavy atom. The molecule has 0 bridgehead atoms. The molecule has 0 spiro atoms. The van der Waals surface area contributed by atoms with E-state index >= 15 is 0 Å². The summed E-state index contributed by atoms with van der Waals surface area (Å²) in [5, 5.41) is 5.34. The highest BCUT2D eigenvalue weighted by Gasteiger charge is 2.13. The van der Waals surface area contributed by atoms with Crippen molar-refractivity contribution >= 4 is 39.1 Å². The number of hydrogen-bond donors (Lipinski definition) is 0. The van der Waals surface area contributed by atoms with Crippen molar-refractivity contribution in [1.82, 2.24) is 14.8 Å². The number of hydrogen-bond acceptors (Lipinski definition) is 2. The second kappa shape index (κ2) is 4.35. The summed E-state index contributed by atoms with van der Waals surface area (Å²) in [6, 6.07) is 1.65. The molecule has 0 aliphatic heterocycles. The Bertz CT molecular complexity index is 551. The SMILES string of the molecule is Cc1nn(-c2ncc(Cl)cc2Cl)c(C)c1Br. The predicted molar refractivity (Wildman–Crippen MR) is 68.6 cm³/mol. The zero-order chi connectivity index (χ0) is 11.9. The van der Waals surface area contributed by atoms with Crippen LogP contribution in [-0.4, -0.2) is 14.8 Å². The van der Waals surface area contributed by atoms with E-state index in [0.29, 0.717) is 15.9 Å². The predicted octanol–water partition coefficient (Wildman–Crippen LogP) is 3.95. The van der Waals surface area contributed by atoms with E-state index in [1.165, 1.54) is 0 Å². The molecule has 0 aliphatic rings. The van der Waals surface area contributed by atoms with Gasteiger partial charge in [0.15, 0.2) is 5.82 Å². The summed E-state index contributed by atoms with van der Waals surface area (Å²) in [6.07, 6.45) is 1.55. The molecule has 0 N–H and O–H groups in total. The number of halogens is 3. The summed E-state index contributed by atoms with van der Waals surface area (Å²) in [4.78, 5) is 4.18. The summed E-state index contributed by atoms with van der Waals surface area (Å²) >= 11 is 15.3. The third-order valence-electron chi connectivity index (χ3n) is 2.19. The lowest BCUT2D eigenvalue weighted by molar-refractivity contribution is 0.806. The van der Waals surface area contributed by atoms with Gasteiger partial charge in [-0.15, -0.1) is 0 Å². The minimum absolute atomic E-state index is 0.477. The van der Waals surface area contributed by atoms with Gasteiger partial charge >= 0.3 is 0 Å². The van der Waals surface area contributed by atoms with Crippen LogP contribution < -0.4 is 0 Å². The molecule has 0 aliphatic carbocycles. The Hall–Kier alpha value is -0.580. The molecule has 0 saturated carbocycles. The van der Waals surface area contributed by atoms with Crippen molar-refractivity contribution in [1.29, 1.82) is 0 Å². The van der Waals surface area contributed by atoms with Crippen LogP contribution in [0.25, 0.3) is 5.82 Å². The van der Waals surface area contributed by atoms with E-state index in [9.17, 15) is 0 Å². The third-order valence-corrected chi connectivity index (χ3v) is 3.82. The average Bonchev–Trinajstić information content (AvgIpc) is 2.46. The van der Waals surface area contributed by atoms with Gasteiger partial charge in [-0.05, 0) is 35.8 Å². The summed E-state index contributed by atoms with van der Waals surface area (Å²) in [5.74, 6) is 0.581. The summed E-state index contributed by atoms with van der Waals surface area (Å²) in [6.45, 7) is 3.86. The highest BCUT2D eigenvalue weighted by molar-refractivity contribution is 9.10. The second-order valence-electron chi connectivity index (χ2n) is 3.36. The maximum atomic E-state index is 6.07. The van der Waals surface area contributed by atoms with E-state index in [1.807, 2.05) is 13.8 Å². The molecule has 0 aromatic carbocycles. The summed E-state index contributed by atoms with van der Waals surface area (Å²) < 4.78 is 2.65. The zero-order valence-corrected chi connectivity index (χ0v) is 11.7. The van der Waals surface area contributed by atoms with E-state index in [-0.39, 0.29) is 0 Å². The number of aromatic nitrogens is 3. The topological polar surface area (TPSA) is 30.7 Å². The van der Waals surface area contributed by atoms with Gasteiger partial charge in [0.25, 0.3) is 0 Å². The Balaban J connectivity index is 2.63. The molecule has 2 aromatic rings. The molecule has 2 heterocycles. The molecule has 0 saturated heterocycles. The molecule has 2 rings (SSSR count). The lowest BCUT2D eigenvalue weighted by Gasteiger charge is -2.05. The summed E-state index contributed by atoms with van der Waals surface area (Å²) in [7, 11) is 0. The monoisotopic (exact) mass is 319 g/mol. The van der Waals surface area contributed by atoms with Crippen LogP contribution in [0, 0.1) is 13.8 Å². The van der Waals surface area contributed by atoms with Crippen LogP contribution in [0.5, 0.6) is 0 Å². The number of aryl methyl sites for hydroxylation is 1. The lowest BCUT2D eigenvalue weighted by atomic mass is 10.4. The van der Waals surface area contributed by atoms with Gasteiger partial charge in [-0.2, -0.15) is 5.10 Å². The van der Waals surface area contributed by atoms with E-state index in [1.54, 1.807) is 16.9 Å². The van der Waals surface area contributed by atoms with Gasteiger partial charge in [0.1, 0.15) is 0 Å². The van der Waals surface area contributed by atoms with E-state index in [4.69, 9.17) is 23.2 Å². The van der Waals surface area contributed by atoms with Gasteiger partial charge in [-0.3, -0.25) is 0 Å². The standard InChI is InChI=1S/C10H8BrCl2N3/c1-5-9(11)6(2)16(15-5)10-8(13)3-7(12)4-14-10/h3-4H,1-2H3. The molecule has 84 valence electrons. The van der Waals surface area contributed by atoms with Crippen LogP contribution in [0.15, 0.2) is 16.7 Å². The Morgan fingerprint density at radius 1 is 1.31 bits per heavy atom. The fraction of sp³-hybridized carbons (Fsp3) is 0.200. The lowest BCUT2D eigenvalue weighted by Crippen LogP contribution is -2.02. The molecule has 6 heteroatoms. The maximum Gasteiger partial charge on any atom is 0.172 e. The first-order valence-electron chi connectivity index (χ1n) is 4.54. The number of nitrogens with zero attached hydrogens (tertiary/aromatic N) is 3. The van der Waals surface area contributed by atoms with Crippen LogP contribution in [0.1, 0.15) is 11.4 Å². The van der Waals surface area contributed by atoms with Gasteiger partial charge in [0.2, 0.25) is 0 Å². The van der Waals surface area contributed by atoms with Crippen molar-refractivity contribution in [3.05, 3.63) is 38.2 Å². The fourth-order valence-corrected chi connectivity index (χ4v) is 2.10. The highest BCUT2D eigenvalue weighted by Crippen LogP contribution is 2.26. The van der Waals surface area contributed by atoms with Crippen molar-refractivity contribution in [2.75, 3.05) is 0 Å². The van der Waals surface area contributed by atoms with E-state index < -0.39 is 0 Å². The Kier molecular flexibility index (Phi) is 3.24. The van der Waals surface area contributed by atoms with Crippen LogP contribution in [0.3, 0.4) is 0 Å². The molecule has 16 heavy (non-hydrogen) atoms. The minimum Gasteiger partial charge on any atom is -0.234 e. The van der Waals surface area contributed by atoms with E-state index in [2.05, 4.69) is 26.0 Å². The fourth-order valence-electron chi connectivity index (χ4n) is 1.39. The van der Waals surface area contributed by atoms with Gasteiger partial charge in [-0.25, -0.2) is 9.67 Å². The van der Waals surface area contributed by atoms with Crippen LogP contribution in [0.2, 0.25) is 10.0 Å². The highest BCUT2D eigenvalue weighted by atomic mass is 79.9. The molecule has 0 unspecified atom stereocenters. The Morgan fingerprint density at radius 3 is 2.50 bits per heavy atom. The first kappa shape index (κ1) is 11.9. The number of rotatable bonds is 1. The van der Waals surface area contributed by atoms with Crippen LogP contribution >= 0.6 is 39.1 Å². The molecular weight excluding hydrogens is 313 g/mol. The zero-order valence-electron chi connectivity index (χ0n) is 8.63. The first-order valence-corrected chi connectivity index (χ1v) is 6.08. The smallest absolute Gasteiger partial charge is 0.172 e. The van der Waals surface area contributed by atoms with Gasteiger partial charge in [-0.1, -0.05) is 23.2 Å². The molecule has 0 fully saturated rings.